The van der Waals surface area contributed by atoms with Crippen molar-refractivity contribution in [3.8, 4) is 11.5 Å². The Kier molecular flexibility index (Phi) is 8.86. The molecule has 5 rings (SSSR count). The average Bonchev–Trinajstić information content (AvgIpc) is 3.02. The van der Waals surface area contributed by atoms with Gasteiger partial charge in [0.2, 0.25) is 0 Å². The van der Waals surface area contributed by atoms with Crippen LogP contribution in [0.5, 0.6) is 11.5 Å². The third-order valence-corrected chi connectivity index (χ3v) is 8.50. The molecule has 9 heteroatoms. The number of methoxy groups -OCH3 is 1. The zero-order valence-corrected chi connectivity index (χ0v) is 23.7. The summed E-state index contributed by atoms with van der Waals surface area (Å²) in [5.74, 6) is 0.960. The number of carbonyl (C=O) groups excluding carboxylic acids is 1. The Morgan fingerprint density at radius 1 is 0.756 bits per heavy atom. The van der Waals surface area contributed by atoms with Crippen molar-refractivity contribution in [1.82, 2.24) is 9.80 Å². The van der Waals surface area contributed by atoms with E-state index in [1.807, 2.05) is 17.0 Å². The van der Waals surface area contributed by atoms with Crippen LogP contribution in [0.15, 0.2) is 114 Å². The third kappa shape index (κ3) is 7.06. The van der Waals surface area contributed by atoms with Crippen molar-refractivity contribution in [1.29, 1.82) is 0 Å². The monoisotopic (exact) mass is 571 g/mol. The van der Waals surface area contributed by atoms with Crippen LogP contribution in [0.25, 0.3) is 0 Å². The number of piperazine rings is 1. The van der Waals surface area contributed by atoms with E-state index in [1.54, 1.807) is 43.5 Å². The highest BCUT2D eigenvalue weighted by molar-refractivity contribution is 7.92. The Bertz CT molecular complexity index is 1480. The van der Waals surface area contributed by atoms with Crippen molar-refractivity contribution >= 4 is 21.6 Å². The normalized spacial score (nSPS) is 14.0. The molecule has 8 nitrogen and oxygen atoms in total. The van der Waals surface area contributed by atoms with Gasteiger partial charge in [0.1, 0.15) is 11.5 Å². The van der Waals surface area contributed by atoms with Gasteiger partial charge in [-0.05, 0) is 59.7 Å². The molecule has 0 atom stereocenters. The van der Waals surface area contributed by atoms with Crippen molar-refractivity contribution < 1.29 is 22.7 Å². The summed E-state index contributed by atoms with van der Waals surface area (Å²) in [6, 6.07) is 33.6. The summed E-state index contributed by atoms with van der Waals surface area (Å²) in [7, 11) is -2.23. The first kappa shape index (κ1) is 28.2. The van der Waals surface area contributed by atoms with Gasteiger partial charge in [-0.2, -0.15) is 0 Å². The summed E-state index contributed by atoms with van der Waals surface area (Å²) in [6.45, 7) is 2.58. The van der Waals surface area contributed by atoms with E-state index in [4.69, 9.17) is 9.47 Å². The second-order valence-corrected chi connectivity index (χ2v) is 11.4. The number of rotatable bonds is 10. The Morgan fingerprint density at radius 2 is 1.29 bits per heavy atom. The molecule has 0 spiro atoms. The number of hydrogen-bond acceptors (Lipinski definition) is 6. The third-order valence-electron chi connectivity index (χ3n) is 7.10. The number of nitrogens with zero attached hydrogens (tertiary/aromatic N) is 2. The molecular weight excluding hydrogens is 538 g/mol. The van der Waals surface area contributed by atoms with Crippen LogP contribution in [0, 0.1) is 0 Å². The van der Waals surface area contributed by atoms with E-state index < -0.39 is 10.0 Å². The number of benzene rings is 4. The highest BCUT2D eigenvalue weighted by Gasteiger charge is 2.28. The Morgan fingerprint density at radius 3 is 1.83 bits per heavy atom. The lowest BCUT2D eigenvalue weighted by Crippen LogP contribution is -2.51. The van der Waals surface area contributed by atoms with Gasteiger partial charge in [0, 0.05) is 31.9 Å². The lowest BCUT2D eigenvalue weighted by atomic mass is 9.96. The van der Waals surface area contributed by atoms with E-state index in [2.05, 4.69) is 58.2 Å². The van der Waals surface area contributed by atoms with Gasteiger partial charge < -0.3 is 14.4 Å². The molecule has 0 radical (unpaired) electrons. The standard InChI is InChI=1S/C32H33N3O5S/c1-39-28-14-12-27(13-15-28)33-41(37,38)30-18-16-29(17-19-30)40-24-31(36)34-20-22-35(23-21-34)32(25-8-4-2-5-9-25)26-10-6-3-7-11-26/h2-19,32-33H,20-24H2,1H3. The smallest absolute Gasteiger partial charge is 0.261 e. The van der Waals surface area contributed by atoms with Crippen LogP contribution in [0.1, 0.15) is 17.2 Å². The van der Waals surface area contributed by atoms with Crippen LogP contribution in [0.3, 0.4) is 0 Å². The molecule has 0 unspecified atom stereocenters. The molecule has 41 heavy (non-hydrogen) atoms. The topological polar surface area (TPSA) is 88.2 Å². The molecule has 1 heterocycles. The highest BCUT2D eigenvalue weighted by atomic mass is 32.2. The van der Waals surface area contributed by atoms with E-state index >= 15 is 0 Å². The van der Waals surface area contributed by atoms with Crippen LogP contribution >= 0.6 is 0 Å². The summed E-state index contributed by atoms with van der Waals surface area (Å²) in [6.07, 6.45) is 0. The molecule has 0 saturated carbocycles. The van der Waals surface area contributed by atoms with Crippen molar-refractivity contribution in [2.24, 2.45) is 0 Å². The lowest BCUT2D eigenvalue weighted by Gasteiger charge is -2.39. The molecule has 1 aliphatic rings. The maximum absolute atomic E-state index is 12.9. The van der Waals surface area contributed by atoms with E-state index in [0.717, 1.165) is 13.1 Å². The predicted octanol–water partition coefficient (Wildman–Crippen LogP) is 4.81. The Hall–Kier alpha value is -4.34. The molecule has 0 aliphatic carbocycles. The summed E-state index contributed by atoms with van der Waals surface area (Å²) in [5, 5.41) is 0. The molecule has 1 fully saturated rings. The largest absolute Gasteiger partial charge is 0.497 e. The number of anilines is 1. The van der Waals surface area contributed by atoms with Crippen molar-refractivity contribution in [3.05, 3.63) is 120 Å². The second kappa shape index (κ2) is 12.9. The molecule has 1 amide bonds. The SMILES string of the molecule is COc1ccc(NS(=O)(=O)c2ccc(OCC(=O)N3CCN(C(c4ccccc4)c4ccccc4)CC3)cc2)cc1. The van der Waals surface area contributed by atoms with Crippen LogP contribution in [0.4, 0.5) is 5.69 Å². The van der Waals surface area contributed by atoms with Gasteiger partial charge in [0.15, 0.2) is 6.61 Å². The number of hydrogen-bond donors (Lipinski definition) is 1. The van der Waals surface area contributed by atoms with E-state index in [1.165, 1.54) is 23.3 Å². The molecule has 4 aromatic carbocycles. The fraction of sp³-hybridized carbons (Fsp3) is 0.219. The second-order valence-electron chi connectivity index (χ2n) is 9.73. The molecule has 212 valence electrons. The zero-order valence-electron chi connectivity index (χ0n) is 22.8. The van der Waals surface area contributed by atoms with E-state index in [0.29, 0.717) is 30.3 Å². The van der Waals surface area contributed by atoms with Gasteiger partial charge in [-0.1, -0.05) is 60.7 Å². The van der Waals surface area contributed by atoms with Crippen molar-refractivity contribution in [2.45, 2.75) is 10.9 Å². The number of sulfonamides is 1. The quantitative estimate of drug-likeness (QED) is 0.294. The Balaban J connectivity index is 1.14. The number of amides is 1. The minimum Gasteiger partial charge on any atom is -0.497 e. The van der Waals surface area contributed by atoms with Crippen LogP contribution in [-0.2, 0) is 14.8 Å². The number of carbonyl (C=O) groups is 1. The maximum Gasteiger partial charge on any atom is 0.261 e. The number of ether oxygens (including phenoxy) is 2. The molecule has 1 N–H and O–H groups in total. The van der Waals surface area contributed by atoms with Gasteiger partial charge in [0.05, 0.1) is 18.0 Å². The zero-order chi connectivity index (χ0) is 28.7. The van der Waals surface area contributed by atoms with Crippen molar-refractivity contribution in [3.63, 3.8) is 0 Å². The van der Waals surface area contributed by atoms with Gasteiger partial charge >= 0.3 is 0 Å². The van der Waals surface area contributed by atoms with E-state index in [-0.39, 0.29) is 23.5 Å². The molecule has 0 bridgehead atoms. The lowest BCUT2D eigenvalue weighted by molar-refractivity contribution is -0.135. The first-order chi connectivity index (χ1) is 19.9. The summed E-state index contributed by atoms with van der Waals surface area (Å²) in [5.41, 5.74) is 2.88. The first-order valence-corrected chi connectivity index (χ1v) is 14.9. The van der Waals surface area contributed by atoms with Gasteiger partial charge in [0.25, 0.3) is 15.9 Å². The van der Waals surface area contributed by atoms with Crippen LogP contribution < -0.4 is 14.2 Å². The minimum atomic E-state index is -3.78. The van der Waals surface area contributed by atoms with Gasteiger partial charge in [-0.15, -0.1) is 0 Å². The fourth-order valence-corrected chi connectivity index (χ4v) is 6.00. The first-order valence-electron chi connectivity index (χ1n) is 13.4. The molecule has 1 saturated heterocycles. The summed E-state index contributed by atoms with van der Waals surface area (Å²) in [4.78, 5) is 17.3. The maximum atomic E-state index is 12.9. The summed E-state index contributed by atoms with van der Waals surface area (Å²) < 4.78 is 38.9. The van der Waals surface area contributed by atoms with Crippen molar-refractivity contribution in [2.75, 3.05) is 44.6 Å². The number of nitrogens with one attached hydrogen (secondary N) is 1. The predicted molar refractivity (Wildman–Crippen MR) is 159 cm³/mol. The molecule has 4 aromatic rings. The Labute approximate surface area is 241 Å². The summed E-state index contributed by atoms with van der Waals surface area (Å²) >= 11 is 0. The molecule has 0 aromatic heterocycles. The molecule has 1 aliphatic heterocycles. The van der Waals surface area contributed by atoms with E-state index in [9.17, 15) is 13.2 Å². The van der Waals surface area contributed by atoms with Gasteiger partial charge in [-0.25, -0.2) is 8.42 Å². The average molecular weight is 572 g/mol. The van der Waals surface area contributed by atoms with Gasteiger partial charge in [-0.3, -0.25) is 14.4 Å². The molecular formula is C32H33N3O5S. The fourth-order valence-electron chi connectivity index (χ4n) is 4.94. The minimum absolute atomic E-state index is 0.0921. The highest BCUT2D eigenvalue weighted by Crippen LogP contribution is 2.29. The van der Waals surface area contributed by atoms with Crippen LogP contribution in [0.2, 0.25) is 0 Å². The van der Waals surface area contributed by atoms with Crippen LogP contribution in [-0.4, -0.2) is 64.0 Å².